The van der Waals surface area contributed by atoms with E-state index in [0.717, 1.165) is 12.1 Å². The fraction of sp³-hybridized carbons (Fsp3) is 0.316. The molecule has 0 radical (unpaired) electrons. The molecule has 2 aromatic rings. The molecular weight excluding hydrogens is 386 g/mol. The average Bonchev–Trinajstić information content (AvgIpc) is 2.90. The highest BCUT2D eigenvalue weighted by molar-refractivity contribution is 7.91. The van der Waals surface area contributed by atoms with Crippen molar-refractivity contribution in [2.45, 2.75) is 24.8 Å². The minimum Gasteiger partial charge on any atom is -0.345 e. The number of benzene rings is 1. The zero-order chi connectivity index (χ0) is 20.6. The molecular formula is C19H22F2N4O2S. The highest BCUT2D eigenvalue weighted by Crippen LogP contribution is 2.29. The van der Waals surface area contributed by atoms with Crippen LogP contribution in [0.4, 0.5) is 14.5 Å². The van der Waals surface area contributed by atoms with Crippen LogP contribution in [0, 0.1) is 17.6 Å². The maximum atomic E-state index is 13.4. The second kappa shape index (κ2) is 7.48. The van der Waals surface area contributed by atoms with Crippen LogP contribution in [0.25, 0.3) is 6.08 Å². The third-order valence-electron chi connectivity index (χ3n) is 4.62. The molecule has 0 saturated carbocycles. The molecule has 0 fully saturated rings. The number of hydrogen-bond donors (Lipinski definition) is 2. The highest BCUT2D eigenvalue weighted by atomic mass is 32.2. The van der Waals surface area contributed by atoms with Crippen LogP contribution in [-0.4, -0.2) is 27.8 Å². The van der Waals surface area contributed by atoms with E-state index in [0.29, 0.717) is 10.5 Å². The normalized spacial score (nSPS) is 21.3. The second-order valence-electron chi connectivity index (χ2n) is 6.90. The number of carbonyl (C=O) groups excluding carboxylic acids is 1. The molecule has 28 heavy (non-hydrogen) atoms. The van der Waals surface area contributed by atoms with E-state index in [9.17, 15) is 17.8 Å². The van der Waals surface area contributed by atoms with Crippen molar-refractivity contribution >= 4 is 27.6 Å². The molecule has 6 nitrogen and oxygen atoms in total. The Hall–Kier alpha value is -2.52. The maximum absolute atomic E-state index is 13.4. The molecule has 1 aliphatic rings. The number of rotatable bonds is 3. The number of nitrogens with one attached hydrogen (secondary N) is 2. The van der Waals surface area contributed by atoms with Crippen LogP contribution >= 0.6 is 0 Å². The van der Waals surface area contributed by atoms with Crippen molar-refractivity contribution in [3.63, 3.8) is 0 Å². The molecule has 0 spiro atoms. The molecule has 1 aromatic heterocycles. The summed E-state index contributed by atoms with van der Waals surface area (Å²) in [6.45, 7) is 3.98. The number of amides is 1. The van der Waals surface area contributed by atoms with Gasteiger partial charge in [-0.3, -0.25) is 4.79 Å². The Labute approximate surface area is 163 Å². The van der Waals surface area contributed by atoms with Crippen LogP contribution in [-0.2, 0) is 17.0 Å². The van der Waals surface area contributed by atoms with Crippen molar-refractivity contribution in [3.05, 3.63) is 53.4 Å². The summed E-state index contributed by atoms with van der Waals surface area (Å²) in [7, 11) is 0.183. The zero-order valence-corrected chi connectivity index (χ0v) is 16.8. The van der Waals surface area contributed by atoms with Gasteiger partial charge in [0.05, 0.1) is 4.90 Å². The van der Waals surface area contributed by atoms with Gasteiger partial charge >= 0.3 is 0 Å². The van der Waals surface area contributed by atoms with Gasteiger partial charge in [-0.05, 0) is 18.1 Å². The Morgan fingerprint density at radius 3 is 2.64 bits per heavy atom. The molecule has 3 rings (SSSR count). The minimum atomic E-state index is -2.94. The van der Waals surface area contributed by atoms with Crippen LogP contribution in [0.15, 0.2) is 39.7 Å². The van der Waals surface area contributed by atoms with Gasteiger partial charge in [-0.1, -0.05) is 26.0 Å². The van der Waals surface area contributed by atoms with Gasteiger partial charge in [-0.2, -0.15) is 0 Å². The second-order valence-corrected chi connectivity index (χ2v) is 9.00. The third-order valence-corrected chi connectivity index (χ3v) is 6.64. The van der Waals surface area contributed by atoms with Crippen LogP contribution < -0.4 is 10.0 Å². The average molecular weight is 408 g/mol. The van der Waals surface area contributed by atoms with E-state index in [2.05, 4.69) is 14.4 Å². The predicted octanol–water partition coefficient (Wildman–Crippen LogP) is 3.57. The van der Waals surface area contributed by atoms with Gasteiger partial charge in [-0.15, -0.1) is 0 Å². The Balaban J connectivity index is 2.07. The maximum Gasteiger partial charge on any atom is 0.272 e. The molecule has 2 N–H and O–H groups in total. The Kier molecular flexibility index (Phi) is 5.40. The lowest BCUT2D eigenvalue weighted by Crippen LogP contribution is -2.36. The van der Waals surface area contributed by atoms with Gasteiger partial charge in [-0.25, -0.2) is 22.1 Å². The lowest BCUT2D eigenvalue weighted by atomic mass is 10.0. The Morgan fingerprint density at radius 2 is 2.04 bits per heavy atom. The summed E-state index contributed by atoms with van der Waals surface area (Å²) in [5.41, 5.74) is 0.850. The molecule has 150 valence electrons. The first-order valence-electron chi connectivity index (χ1n) is 8.72. The van der Waals surface area contributed by atoms with Gasteiger partial charge in [0, 0.05) is 43.7 Å². The van der Waals surface area contributed by atoms with Crippen molar-refractivity contribution in [2.75, 3.05) is 12.4 Å². The molecule has 2 heterocycles. The van der Waals surface area contributed by atoms with Gasteiger partial charge in [0.25, 0.3) is 5.91 Å². The van der Waals surface area contributed by atoms with Crippen molar-refractivity contribution in [1.29, 1.82) is 0 Å². The van der Waals surface area contributed by atoms with Crippen LogP contribution in [0.2, 0.25) is 0 Å². The molecule has 0 saturated heterocycles. The number of anilines is 1. The molecule has 9 heteroatoms. The van der Waals surface area contributed by atoms with E-state index in [1.165, 1.54) is 13.1 Å². The molecule has 1 unspecified atom stereocenters. The first-order chi connectivity index (χ1) is 13.2. The van der Waals surface area contributed by atoms with Gasteiger partial charge in [0.2, 0.25) is 0 Å². The van der Waals surface area contributed by atoms with Crippen molar-refractivity contribution in [2.24, 2.45) is 17.3 Å². The quantitative estimate of drug-likeness (QED) is 0.815. The molecule has 0 aliphatic carbocycles. The van der Waals surface area contributed by atoms with E-state index in [1.54, 1.807) is 23.9 Å². The summed E-state index contributed by atoms with van der Waals surface area (Å²) in [6, 6.07) is 2.94. The molecule has 1 aliphatic heterocycles. The zero-order valence-electron chi connectivity index (χ0n) is 16.0. The number of halogens is 2. The number of nitrogens with zero attached hydrogens (tertiary/aromatic N) is 2. The van der Waals surface area contributed by atoms with Gasteiger partial charge < -0.3 is 9.88 Å². The number of hydrogen-bond acceptors (Lipinski definition) is 3. The molecule has 1 amide bonds. The summed E-state index contributed by atoms with van der Waals surface area (Å²) >= 11 is 0. The fourth-order valence-electron chi connectivity index (χ4n) is 3.04. The SMILES string of the molecule is CN=S1(=O)N[C@@H](C(C)C)C=Cc2c1cn(C)c2C(=O)Nc1ccc(F)c(F)c1. The van der Waals surface area contributed by atoms with E-state index >= 15 is 0 Å². The fourth-order valence-corrected chi connectivity index (χ4v) is 4.95. The number of aryl methyl sites for hydroxylation is 1. The summed E-state index contributed by atoms with van der Waals surface area (Å²) in [4.78, 5) is 13.3. The van der Waals surface area contributed by atoms with E-state index in [-0.39, 0.29) is 23.3 Å². The Bertz CT molecular complexity index is 1080. The number of fused-ring (bicyclic) bond motifs is 1. The van der Waals surface area contributed by atoms with Crippen LogP contribution in [0.5, 0.6) is 0 Å². The Morgan fingerprint density at radius 1 is 1.32 bits per heavy atom. The summed E-state index contributed by atoms with van der Waals surface area (Å²) in [5.74, 6) is -2.42. The van der Waals surface area contributed by atoms with Gasteiger partial charge in [0.15, 0.2) is 11.6 Å². The molecule has 2 atom stereocenters. The number of aromatic nitrogens is 1. The van der Waals surface area contributed by atoms with Crippen molar-refractivity contribution in [1.82, 2.24) is 9.29 Å². The van der Waals surface area contributed by atoms with Crippen molar-refractivity contribution < 1.29 is 17.8 Å². The highest BCUT2D eigenvalue weighted by Gasteiger charge is 2.29. The molecule has 0 bridgehead atoms. The van der Waals surface area contributed by atoms with Crippen LogP contribution in [0.1, 0.15) is 29.9 Å². The smallest absolute Gasteiger partial charge is 0.272 e. The topological polar surface area (TPSA) is 75.5 Å². The van der Waals surface area contributed by atoms with Gasteiger partial charge in [0.1, 0.15) is 15.6 Å². The third kappa shape index (κ3) is 3.59. The largest absolute Gasteiger partial charge is 0.345 e. The first-order valence-corrected chi connectivity index (χ1v) is 10.2. The first kappa shape index (κ1) is 20.2. The number of carbonyl (C=O) groups is 1. The van der Waals surface area contributed by atoms with E-state index in [4.69, 9.17) is 0 Å². The summed E-state index contributed by atoms with van der Waals surface area (Å²) < 4.78 is 48.7. The predicted molar refractivity (Wildman–Crippen MR) is 105 cm³/mol. The monoisotopic (exact) mass is 408 g/mol. The van der Waals surface area contributed by atoms with Crippen LogP contribution in [0.3, 0.4) is 0 Å². The lowest BCUT2D eigenvalue weighted by molar-refractivity contribution is 0.101. The minimum absolute atomic E-state index is 0.121. The standard InChI is InChI=1S/C19H22F2N4O2S/c1-11(2)16-8-6-13-17(28(27,22-3)24-16)10-25(4)18(13)19(26)23-12-5-7-14(20)15(21)9-12/h5-11,16H,1-4H3,(H,23,26)(H,22,24,27)/t16-,28?/m1/s1. The van der Waals surface area contributed by atoms with E-state index < -0.39 is 27.5 Å². The summed E-state index contributed by atoms with van der Waals surface area (Å²) in [5, 5.41) is 2.56. The summed E-state index contributed by atoms with van der Waals surface area (Å²) in [6.07, 6.45) is 5.21. The van der Waals surface area contributed by atoms with E-state index in [1.807, 2.05) is 19.9 Å². The lowest BCUT2D eigenvalue weighted by Gasteiger charge is -2.19. The molecule has 1 aromatic carbocycles. The van der Waals surface area contributed by atoms with Crippen molar-refractivity contribution in [3.8, 4) is 0 Å².